The van der Waals surface area contributed by atoms with E-state index in [0.717, 1.165) is 11.1 Å². The third-order valence-electron chi connectivity index (χ3n) is 3.36. The zero-order valence-corrected chi connectivity index (χ0v) is 14.0. The Morgan fingerprint density at radius 2 is 2.04 bits per heavy atom. The minimum Gasteiger partial charge on any atom is -0.495 e. The Morgan fingerprint density at radius 3 is 2.74 bits per heavy atom. The number of ether oxygens (including phenoxy) is 1. The second-order valence-electron chi connectivity index (χ2n) is 5.13. The number of amides is 1. The van der Waals surface area contributed by atoms with Crippen molar-refractivity contribution in [3.05, 3.63) is 52.8 Å². The van der Waals surface area contributed by atoms with Crippen molar-refractivity contribution in [3.63, 3.8) is 0 Å². The van der Waals surface area contributed by atoms with Crippen LogP contribution in [0.3, 0.4) is 0 Å². The third kappa shape index (κ3) is 5.23. The number of nitrogens with one attached hydrogen (secondary N) is 2. The second kappa shape index (κ2) is 8.50. The highest BCUT2D eigenvalue weighted by Crippen LogP contribution is 2.30. The largest absolute Gasteiger partial charge is 0.495 e. The smallest absolute Gasteiger partial charge is 0.225 e. The normalized spacial score (nSPS) is 10.4. The van der Waals surface area contributed by atoms with E-state index >= 15 is 0 Å². The molecule has 0 saturated carbocycles. The van der Waals surface area contributed by atoms with Crippen molar-refractivity contribution in [3.8, 4) is 5.75 Å². The summed E-state index contributed by atoms with van der Waals surface area (Å²) in [5, 5.41) is 6.69. The number of methoxy groups -OCH3 is 1. The molecule has 122 valence electrons. The molecule has 1 amide bonds. The van der Waals surface area contributed by atoms with Crippen LogP contribution >= 0.6 is 11.6 Å². The summed E-state index contributed by atoms with van der Waals surface area (Å²) in [5.41, 5.74) is 2.66. The first-order valence-corrected chi connectivity index (χ1v) is 7.71. The van der Waals surface area contributed by atoms with Gasteiger partial charge in [-0.15, -0.1) is 0 Å². The maximum absolute atomic E-state index is 12.0. The molecule has 6 heteroatoms. The standard InChI is InChI=1S/C17H20ClN3O2/c1-12-9-15(16(23-2)10-14(12)18)21-17(22)5-8-20-11-13-3-6-19-7-4-13/h3-4,6-7,9-10,20H,5,8,11H2,1-2H3,(H,21,22). The molecule has 0 fully saturated rings. The molecule has 5 nitrogen and oxygen atoms in total. The Morgan fingerprint density at radius 1 is 1.30 bits per heavy atom. The van der Waals surface area contributed by atoms with Crippen molar-refractivity contribution >= 4 is 23.2 Å². The van der Waals surface area contributed by atoms with Gasteiger partial charge in [-0.3, -0.25) is 9.78 Å². The Labute approximate surface area is 141 Å². The van der Waals surface area contributed by atoms with Crippen LogP contribution in [0.25, 0.3) is 0 Å². The maximum atomic E-state index is 12.0. The van der Waals surface area contributed by atoms with Crippen LogP contribution in [0.4, 0.5) is 5.69 Å². The van der Waals surface area contributed by atoms with Gasteiger partial charge in [0.25, 0.3) is 0 Å². The Balaban J connectivity index is 1.82. The Kier molecular flexibility index (Phi) is 6.38. The van der Waals surface area contributed by atoms with Crippen LogP contribution in [0.15, 0.2) is 36.7 Å². The van der Waals surface area contributed by atoms with E-state index in [1.54, 1.807) is 25.6 Å². The summed E-state index contributed by atoms with van der Waals surface area (Å²) in [5.74, 6) is 0.478. The molecule has 0 unspecified atom stereocenters. The maximum Gasteiger partial charge on any atom is 0.225 e. The van der Waals surface area contributed by atoms with E-state index in [1.165, 1.54) is 0 Å². The molecule has 2 N–H and O–H groups in total. The highest BCUT2D eigenvalue weighted by atomic mass is 35.5. The van der Waals surface area contributed by atoms with Crippen molar-refractivity contribution in [2.24, 2.45) is 0 Å². The first-order valence-electron chi connectivity index (χ1n) is 7.33. The van der Waals surface area contributed by atoms with Crippen LogP contribution in [0.1, 0.15) is 17.5 Å². The lowest BCUT2D eigenvalue weighted by molar-refractivity contribution is -0.116. The van der Waals surface area contributed by atoms with E-state index in [4.69, 9.17) is 16.3 Å². The molecule has 0 spiro atoms. The molecule has 1 aromatic carbocycles. The molecule has 0 aliphatic carbocycles. The average Bonchev–Trinajstić information content (AvgIpc) is 2.56. The van der Waals surface area contributed by atoms with Crippen molar-refractivity contribution in [1.82, 2.24) is 10.3 Å². The van der Waals surface area contributed by atoms with Gasteiger partial charge in [0.2, 0.25) is 5.91 Å². The third-order valence-corrected chi connectivity index (χ3v) is 3.77. The quantitative estimate of drug-likeness (QED) is 0.764. The molecular formula is C17H20ClN3O2. The monoisotopic (exact) mass is 333 g/mol. The van der Waals surface area contributed by atoms with Crippen molar-refractivity contribution in [2.45, 2.75) is 19.9 Å². The fourth-order valence-corrected chi connectivity index (χ4v) is 2.23. The number of benzene rings is 1. The molecule has 1 aromatic heterocycles. The number of aromatic nitrogens is 1. The number of hydrogen-bond donors (Lipinski definition) is 2. The average molecular weight is 334 g/mol. The lowest BCUT2D eigenvalue weighted by Gasteiger charge is -2.12. The summed E-state index contributed by atoms with van der Waals surface area (Å²) in [7, 11) is 1.55. The van der Waals surface area contributed by atoms with E-state index in [1.807, 2.05) is 25.1 Å². The topological polar surface area (TPSA) is 63.2 Å². The molecular weight excluding hydrogens is 314 g/mol. The highest BCUT2D eigenvalue weighted by Gasteiger charge is 2.10. The predicted molar refractivity (Wildman–Crippen MR) is 91.9 cm³/mol. The number of carbonyl (C=O) groups excluding carboxylic acids is 1. The van der Waals surface area contributed by atoms with E-state index in [-0.39, 0.29) is 5.91 Å². The first kappa shape index (κ1) is 17.2. The Bertz CT molecular complexity index is 662. The summed E-state index contributed by atoms with van der Waals surface area (Å²) >= 11 is 6.05. The Hall–Kier alpha value is -2.11. The zero-order valence-electron chi connectivity index (χ0n) is 13.2. The van der Waals surface area contributed by atoms with Crippen LogP contribution in [0, 0.1) is 6.92 Å². The van der Waals surface area contributed by atoms with E-state index < -0.39 is 0 Å². The fraction of sp³-hybridized carbons (Fsp3) is 0.294. The highest BCUT2D eigenvalue weighted by molar-refractivity contribution is 6.31. The predicted octanol–water partition coefficient (Wildman–Crippen LogP) is 3.17. The summed E-state index contributed by atoms with van der Waals surface area (Å²) in [6.45, 7) is 3.18. The number of rotatable bonds is 7. The van der Waals surface area contributed by atoms with E-state index in [0.29, 0.717) is 36.0 Å². The summed E-state index contributed by atoms with van der Waals surface area (Å²) in [4.78, 5) is 16.0. The number of nitrogens with zero attached hydrogens (tertiary/aromatic N) is 1. The van der Waals surface area contributed by atoms with Crippen LogP contribution < -0.4 is 15.4 Å². The minimum absolute atomic E-state index is 0.0766. The van der Waals surface area contributed by atoms with Crippen LogP contribution in [-0.2, 0) is 11.3 Å². The summed E-state index contributed by atoms with van der Waals surface area (Å²) in [6.07, 6.45) is 3.87. The van der Waals surface area contributed by atoms with Gasteiger partial charge in [-0.05, 0) is 36.2 Å². The summed E-state index contributed by atoms with van der Waals surface area (Å²) < 4.78 is 5.24. The number of hydrogen-bond acceptors (Lipinski definition) is 4. The zero-order chi connectivity index (χ0) is 16.7. The molecule has 0 radical (unpaired) electrons. The van der Waals surface area contributed by atoms with Gasteiger partial charge in [0.1, 0.15) is 5.75 Å². The van der Waals surface area contributed by atoms with Gasteiger partial charge >= 0.3 is 0 Å². The van der Waals surface area contributed by atoms with Gasteiger partial charge in [-0.2, -0.15) is 0 Å². The number of pyridine rings is 1. The SMILES string of the molecule is COc1cc(Cl)c(C)cc1NC(=O)CCNCc1ccncc1. The lowest BCUT2D eigenvalue weighted by atomic mass is 10.2. The number of carbonyl (C=O) groups is 1. The fourth-order valence-electron chi connectivity index (χ4n) is 2.08. The lowest BCUT2D eigenvalue weighted by Crippen LogP contribution is -2.21. The summed E-state index contributed by atoms with van der Waals surface area (Å²) in [6, 6.07) is 7.39. The number of aryl methyl sites for hydroxylation is 1. The van der Waals surface area contributed by atoms with Crippen LogP contribution in [0.2, 0.25) is 5.02 Å². The van der Waals surface area contributed by atoms with Gasteiger partial charge < -0.3 is 15.4 Å². The van der Waals surface area contributed by atoms with Crippen LogP contribution in [0.5, 0.6) is 5.75 Å². The van der Waals surface area contributed by atoms with Crippen molar-refractivity contribution in [2.75, 3.05) is 19.0 Å². The van der Waals surface area contributed by atoms with Crippen molar-refractivity contribution < 1.29 is 9.53 Å². The molecule has 0 bridgehead atoms. The molecule has 2 rings (SSSR count). The molecule has 0 aliphatic rings. The molecule has 1 heterocycles. The van der Waals surface area contributed by atoms with Gasteiger partial charge in [-0.1, -0.05) is 11.6 Å². The van der Waals surface area contributed by atoms with Crippen LogP contribution in [-0.4, -0.2) is 24.5 Å². The minimum atomic E-state index is -0.0766. The molecule has 0 aliphatic heterocycles. The number of halogens is 1. The van der Waals surface area contributed by atoms with Crippen molar-refractivity contribution in [1.29, 1.82) is 0 Å². The van der Waals surface area contributed by atoms with E-state index in [9.17, 15) is 4.79 Å². The molecule has 0 saturated heterocycles. The molecule has 2 aromatic rings. The molecule has 23 heavy (non-hydrogen) atoms. The van der Waals surface area contributed by atoms with Gasteiger partial charge in [-0.25, -0.2) is 0 Å². The number of anilines is 1. The second-order valence-corrected chi connectivity index (χ2v) is 5.54. The van der Waals surface area contributed by atoms with Gasteiger partial charge in [0.05, 0.1) is 12.8 Å². The molecule has 0 atom stereocenters. The van der Waals surface area contributed by atoms with Gasteiger partial charge in [0.15, 0.2) is 0 Å². The first-order chi connectivity index (χ1) is 11.1. The van der Waals surface area contributed by atoms with E-state index in [2.05, 4.69) is 15.6 Å². The van der Waals surface area contributed by atoms with Gasteiger partial charge in [0, 0.05) is 43.0 Å².